The molecular formula is C21H19F2N3O3. The highest BCUT2D eigenvalue weighted by molar-refractivity contribution is 6.21. The summed E-state index contributed by atoms with van der Waals surface area (Å²) in [7, 11) is 0. The number of benzene rings is 1. The van der Waals surface area contributed by atoms with Gasteiger partial charge in [-0.15, -0.1) is 0 Å². The molecule has 2 heterocycles. The second-order valence-corrected chi connectivity index (χ2v) is 7.27. The lowest BCUT2D eigenvalue weighted by Gasteiger charge is -2.39. The Bertz CT molecular complexity index is 962. The van der Waals surface area contributed by atoms with Crippen molar-refractivity contribution in [1.82, 2.24) is 9.80 Å². The SMILES string of the molecule is O=C(Cc1ccc(F)cc1F)N1CCC(N2C(=O)N=C3C=CC=CC3C2=O)CC1. The Morgan fingerprint density at radius 2 is 1.90 bits per heavy atom. The first-order chi connectivity index (χ1) is 13.9. The summed E-state index contributed by atoms with van der Waals surface area (Å²) in [6.07, 6.45) is 7.58. The van der Waals surface area contributed by atoms with Crippen LogP contribution >= 0.6 is 0 Å². The molecule has 8 heteroatoms. The van der Waals surface area contributed by atoms with Gasteiger partial charge in [0.25, 0.3) is 0 Å². The molecule has 6 nitrogen and oxygen atoms in total. The molecule has 1 aromatic rings. The number of hydrogen-bond acceptors (Lipinski definition) is 3. The summed E-state index contributed by atoms with van der Waals surface area (Å²) in [5, 5.41) is 0. The van der Waals surface area contributed by atoms with Crippen LogP contribution in [0.5, 0.6) is 0 Å². The Kier molecular flexibility index (Phi) is 5.08. The number of imide groups is 1. The quantitative estimate of drug-likeness (QED) is 0.785. The molecule has 4 amide bonds. The monoisotopic (exact) mass is 399 g/mol. The van der Waals surface area contributed by atoms with Crippen LogP contribution in [0.3, 0.4) is 0 Å². The number of allylic oxidation sites excluding steroid dienone is 3. The molecule has 150 valence electrons. The second-order valence-electron chi connectivity index (χ2n) is 7.27. The highest BCUT2D eigenvalue weighted by Crippen LogP contribution is 2.26. The molecule has 4 rings (SSSR count). The first kappa shape index (κ1) is 19.2. The fourth-order valence-electron chi connectivity index (χ4n) is 3.91. The van der Waals surface area contributed by atoms with E-state index in [2.05, 4.69) is 4.99 Å². The molecule has 0 aromatic heterocycles. The van der Waals surface area contributed by atoms with E-state index in [4.69, 9.17) is 0 Å². The predicted molar refractivity (Wildman–Crippen MR) is 101 cm³/mol. The van der Waals surface area contributed by atoms with Crippen LogP contribution in [0, 0.1) is 17.6 Å². The molecule has 0 radical (unpaired) electrons. The average Bonchev–Trinajstić information content (AvgIpc) is 2.70. The molecule has 2 aliphatic heterocycles. The van der Waals surface area contributed by atoms with Crippen LogP contribution in [0.2, 0.25) is 0 Å². The van der Waals surface area contributed by atoms with E-state index in [1.807, 2.05) is 0 Å². The standard InChI is InChI=1S/C21H19F2N3O3/c22-14-6-5-13(17(23)12-14)11-19(27)25-9-7-15(8-10-25)26-20(28)16-3-1-2-4-18(16)24-21(26)29/h1-6,12,15-16H,7-11H2. The molecule has 1 aromatic carbocycles. The Morgan fingerprint density at radius 1 is 1.14 bits per heavy atom. The van der Waals surface area contributed by atoms with Gasteiger partial charge in [-0.1, -0.05) is 24.3 Å². The van der Waals surface area contributed by atoms with Crippen LogP contribution in [0.25, 0.3) is 0 Å². The number of fused-ring (bicyclic) bond motifs is 1. The van der Waals surface area contributed by atoms with Gasteiger partial charge < -0.3 is 4.90 Å². The second kappa shape index (κ2) is 7.69. The van der Waals surface area contributed by atoms with Gasteiger partial charge >= 0.3 is 6.03 Å². The lowest BCUT2D eigenvalue weighted by atomic mass is 9.93. The van der Waals surface area contributed by atoms with E-state index in [0.717, 1.165) is 12.1 Å². The van der Waals surface area contributed by atoms with Crippen molar-refractivity contribution in [2.24, 2.45) is 10.9 Å². The fourth-order valence-corrected chi connectivity index (χ4v) is 3.91. The average molecular weight is 399 g/mol. The van der Waals surface area contributed by atoms with Crippen LogP contribution in [-0.4, -0.2) is 52.5 Å². The van der Waals surface area contributed by atoms with Gasteiger partial charge in [-0.25, -0.2) is 13.6 Å². The van der Waals surface area contributed by atoms with Gasteiger partial charge in [0.2, 0.25) is 11.8 Å². The highest BCUT2D eigenvalue weighted by Gasteiger charge is 2.40. The van der Waals surface area contributed by atoms with E-state index in [0.29, 0.717) is 31.6 Å². The maximum absolute atomic E-state index is 13.8. The van der Waals surface area contributed by atoms with Gasteiger partial charge in [0.1, 0.15) is 11.6 Å². The number of carbonyl (C=O) groups is 3. The van der Waals surface area contributed by atoms with Gasteiger partial charge in [-0.2, -0.15) is 4.99 Å². The van der Waals surface area contributed by atoms with Gasteiger partial charge in [-0.05, 0) is 30.5 Å². The summed E-state index contributed by atoms with van der Waals surface area (Å²) in [5.74, 6) is -2.55. The van der Waals surface area contributed by atoms with E-state index < -0.39 is 23.6 Å². The minimum atomic E-state index is -0.749. The van der Waals surface area contributed by atoms with Crippen molar-refractivity contribution in [3.05, 3.63) is 59.7 Å². The molecule has 0 N–H and O–H groups in total. The normalized spacial score (nSPS) is 22.0. The Labute approximate surface area is 166 Å². The first-order valence-corrected chi connectivity index (χ1v) is 9.46. The van der Waals surface area contributed by atoms with Crippen LogP contribution in [0.4, 0.5) is 13.6 Å². The van der Waals surface area contributed by atoms with E-state index in [1.165, 1.54) is 11.0 Å². The smallest absolute Gasteiger partial charge is 0.342 e. The lowest BCUT2D eigenvalue weighted by molar-refractivity contribution is -0.134. The molecule has 0 spiro atoms. The van der Waals surface area contributed by atoms with E-state index in [-0.39, 0.29) is 29.8 Å². The van der Waals surface area contributed by atoms with E-state index in [9.17, 15) is 23.2 Å². The Hall–Kier alpha value is -3.16. The summed E-state index contributed by atoms with van der Waals surface area (Å²) < 4.78 is 26.8. The predicted octanol–water partition coefficient (Wildman–Crippen LogP) is 2.64. The number of rotatable bonds is 3. The summed E-state index contributed by atoms with van der Waals surface area (Å²) >= 11 is 0. The van der Waals surface area contributed by atoms with Crippen LogP contribution in [-0.2, 0) is 16.0 Å². The zero-order valence-electron chi connectivity index (χ0n) is 15.6. The maximum atomic E-state index is 13.8. The van der Waals surface area contributed by atoms with E-state index >= 15 is 0 Å². The summed E-state index contributed by atoms with van der Waals surface area (Å²) in [6.45, 7) is 0.695. The minimum Gasteiger partial charge on any atom is -0.342 e. The van der Waals surface area contributed by atoms with Crippen molar-refractivity contribution in [3.63, 3.8) is 0 Å². The lowest BCUT2D eigenvalue weighted by Crippen LogP contribution is -2.54. The fraction of sp³-hybridized carbons (Fsp3) is 0.333. The third-order valence-corrected chi connectivity index (χ3v) is 5.47. The number of aliphatic imine (C=N–C) groups is 1. The van der Waals surface area contributed by atoms with Crippen molar-refractivity contribution in [3.8, 4) is 0 Å². The van der Waals surface area contributed by atoms with Crippen LogP contribution < -0.4 is 0 Å². The molecule has 3 aliphatic rings. The molecule has 1 fully saturated rings. The van der Waals surface area contributed by atoms with Crippen molar-refractivity contribution < 1.29 is 23.2 Å². The number of nitrogens with zero attached hydrogens (tertiary/aromatic N) is 3. The van der Waals surface area contributed by atoms with E-state index in [1.54, 1.807) is 29.2 Å². The minimum absolute atomic E-state index is 0.138. The Balaban J connectivity index is 1.39. The molecular weight excluding hydrogens is 380 g/mol. The highest BCUT2D eigenvalue weighted by atomic mass is 19.1. The van der Waals surface area contributed by atoms with Crippen molar-refractivity contribution >= 4 is 23.6 Å². The summed E-state index contributed by atoms with van der Waals surface area (Å²) in [4.78, 5) is 44.5. The molecule has 1 aliphatic carbocycles. The van der Waals surface area contributed by atoms with Crippen LogP contribution in [0.1, 0.15) is 18.4 Å². The molecule has 29 heavy (non-hydrogen) atoms. The number of urea groups is 1. The topological polar surface area (TPSA) is 70.1 Å². The van der Waals surface area contributed by atoms with Gasteiger partial charge in [-0.3, -0.25) is 14.5 Å². The summed E-state index contributed by atoms with van der Waals surface area (Å²) in [5.41, 5.74) is 0.589. The molecule has 1 saturated heterocycles. The van der Waals surface area contributed by atoms with Crippen LogP contribution in [0.15, 0.2) is 47.5 Å². The van der Waals surface area contributed by atoms with Crippen molar-refractivity contribution in [1.29, 1.82) is 0 Å². The van der Waals surface area contributed by atoms with Gasteiger partial charge in [0, 0.05) is 25.2 Å². The van der Waals surface area contributed by atoms with Gasteiger partial charge in [0.05, 0.1) is 18.1 Å². The van der Waals surface area contributed by atoms with Gasteiger partial charge in [0.15, 0.2) is 0 Å². The number of hydrogen-bond donors (Lipinski definition) is 0. The molecule has 0 bridgehead atoms. The number of carbonyl (C=O) groups excluding carboxylic acids is 3. The number of amides is 4. The summed E-state index contributed by atoms with van der Waals surface area (Å²) in [6, 6.07) is 2.24. The number of piperidine rings is 1. The van der Waals surface area contributed by atoms with Crippen molar-refractivity contribution in [2.45, 2.75) is 25.3 Å². The molecule has 0 saturated carbocycles. The molecule has 1 atom stereocenters. The first-order valence-electron chi connectivity index (χ1n) is 9.46. The zero-order valence-corrected chi connectivity index (χ0v) is 15.6. The van der Waals surface area contributed by atoms with Crippen molar-refractivity contribution in [2.75, 3.05) is 13.1 Å². The third-order valence-electron chi connectivity index (χ3n) is 5.47. The number of likely N-dealkylation sites (tertiary alicyclic amines) is 1. The third kappa shape index (κ3) is 3.74. The Morgan fingerprint density at radius 3 is 2.62 bits per heavy atom. The largest absolute Gasteiger partial charge is 0.350 e. The maximum Gasteiger partial charge on any atom is 0.350 e. The molecule has 1 unspecified atom stereocenters. The zero-order chi connectivity index (χ0) is 20.5. The number of halogens is 2.